The van der Waals surface area contributed by atoms with Crippen molar-refractivity contribution in [3.05, 3.63) is 72.3 Å². The minimum absolute atomic E-state index is 0.115. The second-order valence-electron chi connectivity index (χ2n) is 5.74. The van der Waals surface area contributed by atoms with Crippen LogP contribution in [0, 0.1) is 0 Å². The predicted octanol–water partition coefficient (Wildman–Crippen LogP) is 4.24. The van der Waals surface area contributed by atoms with Gasteiger partial charge in [0, 0.05) is 19.4 Å². The van der Waals surface area contributed by atoms with Crippen molar-refractivity contribution in [2.45, 2.75) is 6.04 Å². The fourth-order valence-corrected chi connectivity index (χ4v) is 3.72. The number of thiazole rings is 1. The highest BCUT2D eigenvalue weighted by atomic mass is 32.1. The van der Waals surface area contributed by atoms with Crippen molar-refractivity contribution >= 4 is 26.7 Å². The van der Waals surface area contributed by atoms with E-state index in [0.717, 1.165) is 32.5 Å². The molecule has 5 nitrogen and oxygen atoms in total. The Hall–Kier alpha value is -2.86. The molecule has 0 aliphatic rings. The molecule has 4 rings (SSSR count). The molecule has 1 N–H and O–H groups in total. The largest absolute Gasteiger partial charge is 0.497 e. The van der Waals surface area contributed by atoms with Gasteiger partial charge in [0.05, 0.1) is 17.3 Å². The molecule has 126 valence electrons. The molecule has 6 heteroatoms. The fraction of sp³-hybridized carbons (Fsp3) is 0.158. The Morgan fingerprint density at radius 1 is 1.16 bits per heavy atom. The second-order valence-corrected chi connectivity index (χ2v) is 6.77. The van der Waals surface area contributed by atoms with Gasteiger partial charge in [0.1, 0.15) is 17.6 Å². The molecule has 0 fully saturated rings. The van der Waals surface area contributed by atoms with Gasteiger partial charge in [-0.3, -0.25) is 0 Å². The summed E-state index contributed by atoms with van der Waals surface area (Å²) in [6, 6.07) is 16.1. The first-order valence-electron chi connectivity index (χ1n) is 7.98. The highest BCUT2D eigenvalue weighted by Gasteiger charge is 2.20. The van der Waals surface area contributed by atoms with E-state index in [2.05, 4.69) is 22.4 Å². The quantitative estimate of drug-likeness (QED) is 0.585. The lowest BCUT2D eigenvalue weighted by atomic mass is 10.1. The summed E-state index contributed by atoms with van der Waals surface area (Å²) in [6.45, 7) is 0. The van der Waals surface area contributed by atoms with E-state index in [1.165, 1.54) is 0 Å². The summed E-state index contributed by atoms with van der Waals surface area (Å²) in [6.07, 6.45) is 3.76. The van der Waals surface area contributed by atoms with Crippen LogP contribution in [-0.2, 0) is 7.05 Å². The van der Waals surface area contributed by atoms with E-state index >= 15 is 0 Å². The van der Waals surface area contributed by atoms with Crippen LogP contribution in [-0.4, -0.2) is 21.6 Å². The lowest BCUT2D eigenvalue weighted by molar-refractivity contribution is 0.414. The molecule has 0 saturated heterocycles. The molecule has 1 unspecified atom stereocenters. The van der Waals surface area contributed by atoms with Crippen molar-refractivity contribution in [2.75, 3.05) is 12.4 Å². The normalized spacial score (nSPS) is 12.2. The van der Waals surface area contributed by atoms with E-state index in [1.807, 2.05) is 60.4 Å². The monoisotopic (exact) mass is 350 g/mol. The number of hydrogen-bond acceptors (Lipinski definition) is 5. The topological polar surface area (TPSA) is 52.0 Å². The van der Waals surface area contributed by atoms with E-state index in [1.54, 1.807) is 18.4 Å². The molecule has 1 atom stereocenters. The summed E-state index contributed by atoms with van der Waals surface area (Å²) in [5.41, 5.74) is 2.08. The van der Waals surface area contributed by atoms with E-state index in [0.29, 0.717) is 0 Å². The zero-order chi connectivity index (χ0) is 17.2. The van der Waals surface area contributed by atoms with E-state index < -0.39 is 0 Å². The van der Waals surface area contributed by atoms with Gasteiger partial charge in [-0.25, -0.2) is 9.97 Å². The molecule has 2 aromatic carbocycles. The summed E-state index contributed by atoms with van der Waals surface area (Å²) >= 11 is 1.64. The third kappa shape index (κ3) is 3.08. The highest BCUT2D eigenvalue weighted by Crippen LogP contribution is 2.32. The number of nitrogens with zero attached hydrogens (tertiary/aromatic N) is 3. The van der Waals surface area contributed by atoms with Gasteiger partial charge in [-0.2, -0.15) is 0 Å². The zero-order valence-corrected chi connectivity index (χ0v) is 14.8. The van der Waals surface area contributed by atoms with Crippen LogP contribution >= 0.6 is 11.3 Å². The average Bonchev–Trinajstić information content (AvgIpc) is 3.25. The van der Waals surface area contributed by atoms with Gasteiger partial charge in [0.2, 0.25) is 0 Å². The Morgan fingerprint density at radius 2 is 2.04 bits per heavy atom. The van der Waals surface area contributed by atoms with Crippen LogP contribution in [0.25, 0.3) is 10.2 Å². The molecule has 2 heterocycles. The van der Waals surface area contributed by atoms with E-state index in [9.17, 15) is 0 Å². The second kappa shape index (κ2) is 6.57. The number of methoxy groups -OCH3 is 1. The molecule has 0 spiro atoms. The number of aryl methyl sites for hydroxylation is 1. The van der Waals surface area contributed by atoms with Crippen LogP contribution < -0.4 is 10.1 Å². The lowest BCUT2D eigenvalue weighted by Gasteiger charge is -2.19. The highest BCUT2D eigenvalue weighted by molar-refractivity contribution is 7.22. The third-order valence-electron chi connectivity index (χ3n) is 4.11. The van der Waals surface area contributed by atoms with Gasteiger partial charge in [-0.05, 0) is 29.8 Å². The molecule has 25 heavy (non-hydrogen) atoms. The van der Waals surface area contributed by atoms with E-state index in [-0.39, 0.29) is 6.04 Å². The maximum absolute atomic E-state index is 5.38. The van der Waals surface area contributed by atoms with E-state index in [4.69, 9.17) is 9.72 Å². The molecular weight excluding hydrogens is 332 g/mol. The molecule has 0 aliphatic carbocycles. The zero-order valence-electron chi connectivity index (χ0n) is 14.0. The Bertz CT molecular complexity index is 974. The molecule has 0 saturated carbocycles. The van der Waals surface area contributed by atoms with Crippen LogP contribution in [0.1, 0.15) is 17.4 Å². The van der Waals surface area contributed by atoms with Crippen molar-refractivity contribution in [3.63, 3.8) is 0 Å². The molecule has 0 amide bonds. The van der Waals surface area contributed by atoms with Gasteiger partial charge in [-0.1, -0.05) is 35.6 Å². The molecule has 0 aliphatic heterocycles. The molecule has 2 aromatic heterocycles. The first kappa shape index (κ1) is 15.7. The summed E-state index contributed by atoms with van der Waals surface area (Å²) in [5, 5.41) is 4.42. The van der Waals surface area contributed by atoms with Crippen LogP contribution in [0.15, 0.2) is 60.9 Å². The van der Waals surface area contributed by atoms with Crippen molar-refractivity contribution in [1.29, 1.82) is 0 Å². The van der Waals surface area contributed by atoms with Gasteiger partial charge in [0.25, 0.3) is 0 Å². The van der Waals surface area contributed by atoms with Crippen molar-refractivity contribution < 1.29 is 4.74 Å². The third-order valence-corrected chi connectivity index (χ3v) is 5.07. The Kier molecular flexibility index (Phi) is 4.11. The minimum Gasteiger partial charge on any atom is -0.497 e. The summed E-state index contributed by atoms with van der Waals surface area (Å²) in [7, 11) is 3.67. The fourth-order valence-electron chi connectivity index (χ4n) is 2.83. The number of anilines is 1. The average molecular weight is 350 g/mol. The van der Waals surface area contributed by atoms with Gasteiger partial charge in [-0.15, -0.1) is 0 Å². The van der Waals surface area contributed by atoms with Gasteiger partial charge >= 0.3 is 0 Å². The first-order chi connectivity index (χ1) is 12.2. The molecule has 4 aromatic rings. The standard InChI is InChI=1S/C19H18N4OS/c1-23-11-10-20-18(23)17(13-6-5-7-14(12-13)24-2)22-19-21-15-8-3-4-9-16(15)25-19/h3-12,17H,1-2H3,(H,21,22). The number of hydrogen-bond donors (Lipinski definition) is 1. The Labute approximate surface area is 149 Å². The van der Waals surface area contributed by atoms with Gasteiger partial charge in [0.15, 0.2) is 5.13 Å². The first-order valence-corrected chi connectivity index (χ1v) is 8.79. The number of nitrogens with one attached hydrogen (secondary N) is 1. The maximum atomic E-state index is 5.38. The number of fused-ring (bicyclic) bond motifs is 1. The van der Waals surface area contributed by atoms with Crippen molar-refractivity contribution in [3.8, 4) is 5.75 Å². The summed E-state index contributed by atoms with van der Waals surface area (Å²) in [4.78, 5) is 9.23. The van der Waals surface area contributed by atoms with Crippen LogP contribution in [0.3, 0.4) is 0 Å². The van der Waals surface area contributed by atoms with Crippen LogP contribution in [0.5, 0.6) is 5.75 Å². The minimum atomic E-state index is -0.115. The van der Waals surface area contributed by atoms with Crippen LogP contribution in [0.4, 0.5) is 5.13 Å². The number of benzene rings is 2. The number of aromatic nitrogens is 3. The number of para-hydroxylation sites is 1. The molecule has 0 bridgehead atoms. The Morgan fingerprint density at radius 3 is 2.80 bits per heavy atom. The number of rotatable bonds is 5. The van der Waals surface area contributed by atoms with Crippen molar-refractivity contribution in [1.82, 2.24) is 14.5 Å². The number of imidazole rings is 1. The van der Waals surface area contributed by atoms with Crippen LogP contribution in [0.2, 0.25) is 0 Å². The predicted molar refractivity (Wildman–Crippen MR) is 101 cm³/mol. The van der Waals surface area contributed by atoms with Crippen molar-refractivity contribution in [2.24, 2.45) is 7.05 Å². The molecule has 0 radical (unpaired) electrons. The molecular formula is C19H18N4OS. The SMILES string of the molecule is COc1cccc(C(Nc2nc3ccccc3s2)c2nccn2C)c1. The maximum Gasteiger partial charge on any atom is 0.184 e. The number of ether oxygens (including phenoxy) is 1. The smallest absolute Gasteiger partial charge is 0.184 e. The summed E-state index contributed by atoms with van der Waals surface area (Å²) in [5.74, 6) is 1.75. The Balaban J connectivity index is 1.76. The lowest BCUT2D eigenvalue weighted by Crippen LogP contribution is -2.16. The summed E-state index contributed by atoms with van der Waals surface area (Å²) < 4.78 is 8.56. The van der Waals surface area contributed by atoms with Gasteiger partial charge < -0.3 is 14.6 Å².